The van der Waals surface area contributed by atoms with Crippen molar-refractivity contribution in [2.24, 2.45) is 0 Å². The molecule has 2 aromatic carbocycles. The summed E-state index contributed by atoms with van der Waals surface area (Å²) < 4.78 is 41.8. The van der Waals surface area contributed by atoms with Crippen molar-refractivity contribution in [2.45, 2.75) is 39.3 Å². The minimum atomic E-state index is -3.36. The molecule has 0 bridgehead atoms. The van der Waals surface area contributed by atoms with E-state index < -0.39 is 19.8 Å². The summed E-state index contributed by atoms with van der Waals surface area (Å²) in [4.78, 5) is 0. The monoisotopic (exact) mass is 470 g/mol. The van der Waals surface area contributed by atoms with Gasteiger partial charge in [-0.3, -0.25) is 4.57 Å². The molecule has 0 aromatic heterocycles. The summed E-state index contributed by atoms with van der Waals surface area (Å²) in [6.45, 7) is 5.10. The summed E-state index contributed by atoms with van der Waals surface area (Å²) in [5.74, 6) is 0. The molecular weight excluding hydrogens is 439 g/mol. The van der Waals surface area contributed by atoms with Gasteiger partial charge in [0.2, 0.25) is 0 Å². The van der Waals surface area contributed by atoms with Crippen LogP contribution >= 0.6 is 19.2 Å². The van der Waals surface area contributed by atoms with Crippen LogP contribution in [0.5, 0.6) is 0 Å². The van der Waals surface area contributed by atoms with Gasteiger partial charge in [0.15, 0.2) is 0 Å². The van der Waals surface area contributed by atoms with Crippen molar-refractivity contribution in [3.05, 3.63) is 71.8 Å². The van der Waals surface area contributed by atoms with Crippen LogP contribution in [-0.4, -0.2) is 44.3 Å². The van der Waals surface area contributed by atoms with E-state index in [2.05, 4.69) is 0 Å². The summed E-state index contributed by atoms with van der Waals surface area (Å²) in [7, 11) is -3.36. The SMILES string of the molecule is CCOP(=O)(C[C@@H](OCCl)[C@H](COCc1ccccc1)OCc1ccccc1)OCC. The minimum absolute atomic E-state index is 0.0234. The van der Waals surface area contributed by atoms with Crippen molar-refractivity contribution in [3.63, 3.8) is 0 Å². The fourth-order valence-electron chi connectivity index (χ4n) is 3.02. The van der Waals surface area contributed by atoms with E-state index in [-0.39, 0.29) is 32.0 Å². The van der Waals surface area contributed by atoms with Crippen molar-refractivity contribution in [2.75, 3.05) is 32.0 Å². The highest BCUT2D eigenvalue weighted by atomic mass is 35.5. The molecule has 0 radical (unpaired) electrons. The third-order valence-corrected chi connectivity index (χ3v) is 6.68. The summed E-state index contributed by atoms with van der Waals surface area (Å²) in [6, 6.07) is 19.6. The largest absolute Gasteiger partial charge is 0.374 e. The molecule has 0 unspecified atom stereocenters. The van der Waals surface area contributed by atoms with Crippen molar-refractivity contribution >= 4 is 19.2 Å². The predicted molar refractivity (Wildman–Crippen MR) is 122 cm³/mol. The van der Waals surface area contributed by atoms with Crippen LogP contribution in [0.2, 0.25) is 0 Å². The third kappa shape index (κ3) is 9.84. The van der Waals surface area contributed by atoms with Gasteiger partial charge in [-0.2, -0.15) is 0 Å². The van der Waals surface area contributed by atoms with Crippen molar-refractivity contribution < 1.29 is 27.8 Å². The number of ether oxygens (including phenoxy) is 3. The molecule has 2 atom stereocenters. The lowest BCUT2D eigenvalue weighted by molar-refractivity contribution is -0.0984. The Kier molecular flexibility index (Phi) is 12.4. The number of hydrogen-bond donors (Lipinski definition) is 0. The first-order chi connectivity index (χ1) is 15.1. The lowest BCUT2D eigenvalue weighted by atomic mass is 10.2. The van der Waals surface area contributed by atoms with E-state index in [4.69, 9.17) is 34.9 Å². The van der Waals surface area contributed by atoms with E-state index in [0.717, 1.165) is 11.1 Å². The van der Waals surface area contributed by atoms with Gasteiger partial charge in [0, 0.05) is 0 Å². The molecule has 0 saturated carbocycles. The van der Waals surface area contributed by atoms with Gasteiger partial charge >= 0.3 is 7.60 Å². The van der Waals surface area contributed by atoms with E-state index in [1.165, 1.54) is 0 Å². The van der Waals surface area contributed by atoms with E-state index in [1.807, 2.05) is 60.7 Å². The number of alkyl halides is 1. The molecule has 31 heavy (non-hydrogen) atoms. The predicted octanol–water partition coefficient (Wildman–Crippen LogP) is 5.64. The standard InChI is InChI=1S/C23H32ClO6P/c1-3-29-31(25,30-4-2)18-23(28-19-24)22(27-16-21-13-9-6-10-14-21)17-26-15-20-11-7-5-8-12-20/h5-14,22-23H,3-4,15-19H2,1-2H3/t22-,23+/m0/s1. The van der Waals surface area contributed by atoms with Gasteiger partial charge in [-0.15, -0.1) is 0 Å². The Hall–Kier alpha value is -1.24. The molecule has 2 aromatic rings. The van der Waals surface area contributed by atoms with Crippen molar-refractivity contribution in [1.82, 2.24) is 0 Å². The quantitative estimate of drug-likeness (QED) is 0.234. The van der Waals surface area contributed by atoms with Gasteiger partial charge in [-0.25, -0.2) is 0 Å². The Morgan fingerprint density at radius 1 is 0.806 bits per heavy atom. The van der Waals surface area contributed by atoms with Crippen LogP contribution in [0.25, 0.3) is 0 Å². The first-order valence-electron chi connectivity index (χ1n) is 10.4. The second kappa shape index (κ2) is 14.8. The third-order valence-electron chi connectivity index (χ3n) is 4.45. The summed E-state index contributed by atoms with van der Waals surface area (Å²) in [6.07, 6.45) is -1.12. The van der Waals surface area contributed by atoms with E-state index in [1.54, 1.807) is 13.8 Å². The van der Waals surface area contributed by atoms with Gasteiger partial charge in [0.05, 0.1) is 45.3 Å². The summed E-state index contributed by atoms with van der Waals surface area (Å²) in [5.41, 5.74) is 2.06. The lowest BCUT2D eigenvalue weighted by Gasteiger charge is -2.29. The second-order valence-electron chi connectivity index (χ2n) is 6.78. The smallest absolute Gasteiger partial charge is 0.333 e. The summed E-state index contributed by atoms with van der Waals surface area (Å²) in [5, 5.41) is 0. The maximum absolute atomic E-state index is 13.1. The molecular formula is C23H32ClO6P. The number of benzene rings is 2. The molecule has 2 rings (SSSR count). The Balaban J connectivity index is 2.11. The zero-order chi connectivity index (χ0) is 22.4. The fourth-order valence-corrected chi connectivity index (χ4v) is 5.04. The lowest BCUT2D eigenvalue weighted by Crippen LogP contribution is -2.38. The first-order valence-corrected chi connectivity index (χ1v) is 12.7. The highest BCUT2D eigenvalue weighted by Crippen LogP contribution is 2.49. The first kappa shape index (κ1) is 26.0. The van der Waals surface area contributed by atoms with Gasteiger partial charge in [-0.1, -0.05) is 72.3 Å². The Morgan fingerprint density at radius 3 is 1.87 bits per heavy atom. The molecule has 0 saturated heterocycles. The Morgan fingerprint density at radius 2 is 1.35 bits per heavy atom. The van der Waals surface area contributed by atoms with Gasteiger partial charge < -0.3 is 23.3 Å². The average Bonchev–Trinajstić information content (AvgIpc) is 2.77. The summed E-state index contributed by atoms with van der Waals surface area (Å²) >= 11 is 5.88. The second-order valence-corrected chi connectivity index (χ2v) is 9.10. The molecule has 8 heteroatoms. The highest BCUT2D eigenvalue weighted by Gasteiger charge is 2.34. The zero-order valence-electron chi connectivity index (χ0n) is 18.2. The van der Waals surface area contributed by atoms with Gasteiger partial charge in [-0.05, 0) is 25.0 Å². The molecule has 0 aliphatic carbocycles. The molecule has 0 amide bonds. The van der Waals surface area contributed by atoms with Crippen molar-refractivity contribution in [1.29, 1.82) is 0 Å². The molecule has 0 heterocycles. The fraction of sp³-hybridized carbons (Fsp3) is 0.478. The zero-order valence-corrected chi connectivity index (χ0v) is 19.8. The van der Waals surface area contributed by atoms with Gasteiger partial charge in [0.25, 0.3) is 0 Å². The minimum Gasteiger partial charge on any atom is -0.374 e. The van der Waals surface area contributed by atoms with E-state index in [9.17, 15) is 4.57 Å². The maximum atomic E-state index is 13.1. The molecule has 0 N–H and O–H groups in total. The number of hydrogen-bond acceptors (Lipinski definition) is 6. The maximum Gasteiger partial charge on any atom is 0.333 e. The Labute approximate surface area is 190 Å². The van der Waals surface area contributed by atoms with Crippen LogP contribution in [0.1, 0.15) is 25.0 Å². The Bertz CT molecular complexity index is 751. The van der Waals surface area contributed by atoms with Gasteiger partial charge in [0.1, 0.15) is 12.2 Å². The molecule has 0 spiro atoms. The highest BCUT2D eigenvalue weighted by molar-refractivity contribution is 7.53. The molecule has 6 nitrogen and oxygen atoms in total. The molecule has 172 valence electrons. The topological polar surface area (TPSA) is 63.2 Å². The van der Waals surface area contributed by atoms with Crippen LogP contribution in [0.3, 0.4) is 0 Å². The number of rotatable bonds is 16. The van der Waals surface area contributed by atoms with Crippen LogP contribution in [0, 0.1) is 0 Å². The molecule has 0 fully saturated rings. The van der Waals surface area contributed by atoms with Crippen LogP contribution < -0.4 is 0 Å². The number of halogens is 1. The van der Waals surface area contributed by atoms with E-state index >= 15 is 0 Å². The van der Waals surface area contributed by atoms with Crippen LogP contribution in [0.15, 0.2) is 60.7 Å². The van der Waals surface area contributed by atoms with Crippen LogP contribution in [0.4, 0.5) is 0 Å². The molecule has 0 aliphatic heterocycles. The van der Waals surface area contributed by atoms with Crippen LogP contribution in [-0.2, 0) is 41.0 Å². The normalized spacial score (nSPS) is 13.8. The van der Waals surface area contributed by atoms with E-state index in [0.29, 0.717) is 13.2 Å². The van der Waals surface area contributed by atoms with Crippen molar-refractivity contribution in [3.8, 4) is 0 Å². The molecule has 0 aliphatic rings. The average molecular weight is 471 g/mol.